The molecular formula is C33H40ClN3O2. The van der Waals surface area contributed by atoms with Gasteiger partial charge in [0.2, 0.25) is 0 Å². The third-order valence-electron chi connectivity index (χ3n) is 9.33. The number of aromatic hydroxyl groups is 1. The SMILES string of the molecule is CCC1CCN(CC2CCC(Nc3c(C(=O)C4CC4)cnc4ccc(-c5cc(C)c(O)c(Cl)c5)cc34)CC2)C1. The minimum atomic E-state index is 0.119. The second-order valence-electron chi connectivity index (χ2n) is 12.2. The third-order valence-corrected chi connectivity index (χ3v) is 9.62. The number of aromatic nitrogens is 1. The Kier molecular flexibility index (Phi) is 7.56. The van der Waals surface area contributed by atoms with Gasteiger partial charge in [-0.15, -0.1) is 0 Å². The number of hydrogen-bond donors (Lipinski definition) is 2. The number of Topliss-reactive ketones (excluding diaryl/α,β-unsaturated/α-hetero) is 1. The Balaban J connectivity index is 1.26. The summed E-state index contributed by atoms with van der Waals surface area (Å²) in [4.78, 5) is 20.7. The normalized spacial score (nSPS) is 23.8. The molecule has 39 heavy (non-hydrogen) atoms. The van der Waals surface area contributed by atoms with Gasteiger partial charge < -0.3 is 15.3 Å². The number of fused-ring (bicyclic) bond motifs is 1. The molecule has 3 aliphatic rings. The minimum Gasteiger partial charge on any atom is -0.506 e. The number of anilines is 1. The smallest absolute Gasteiger partial charge is 0.169 e. The molecule has 1 aromatic heterocycles. The van der Waals surface area contributed by atoms with E-state index in [1.807, 2.05) is 25.1 Å². The molecule has 2 aliphatic carbocycles. The fourth-order valence-electron chi connectivity index (χ4n) is 6.65. The summed E-state index contributed by atoms with van der Waals surface area (Å²) in [6, 6.07) is 10.3. The molecule has 1 atom stereocenters. The van der Waals surface area contributed by atoms with Gasteiger partial charge in [-0.05, 0) is 111 Å². The van der Waals surface area contributed by atoms with E-state index in [9.17, 15) is 9.90 Å². The summed E-state index contributed by atoms with van der Waals surface area (Å²) in [5.74, 6) is 2.13. The van der Waals surface area contributed by atoms with Crippen molar-refractivity contribution in [3.05, 3.63) is 52.7 Å². The topological polar surface area (TPSA) is 65.5 Å². The van der Waals surface area contributed by atoms with Crippen LogP contribution in [0.25, 0.3) is 22.0 Å². The molecule has 1 unspecified atom stereocenters. The van der Waals surface area contributed by atoms with Gasteiger partial charge in [-0.2, -0.15) is 0 Å². The van der Waals surface area contributed by atoms with Crippen LogP contribution in [0.2, 0.25) is 5.02 Å². The van der Waals surface area contributed by atoms with E-state index >= 15 is 0 Å². The minimum absolute atomic E-state index is 0.119. The molecule has 2 aromatic carbocycles. The molecule has 0 bridgehead atoms. The van der Waals surface area contributed by atoms with Crippen LogP contribution < -0.4 is 5.32 Å². The van der Waals surface area contributed by atoms with Crippen LogP contribution in [-0.2, 0) is 0 Å². The number of ketones is 1. The van der Waals surface area contributed by atoms with Crippen molar-refractivity contribution in [1.82, 2.24) is 9.88 Å². The van der Waals surface area contributed by atoms with E-state index in [2.05, 4.69) is 23.2 Å². The molecule has 2 N–H and O–H groups in total. The molecular weight excluding hydrogens is 506 g/mol. The summed E-state index contributed by atoms with van der Waals surface area (Å²) in [5, 5.41) is 15.3. The Morgan fingerprint density at radius 3 is 2.54 bits per heavy atom. The zero-order chi connectivity index (χ0) is 27.1. The molecule has 1 aliphatic heterocycles. The van der Waals surface area contributed by atoms with Gasteiger partial charge in [0.1, 0.15) is 5.75 Å². The molecule has 3 fully saturated rings. The molecule has 2 heterocycles. The van der Waals surface area contributed by atoms with Gasteiger partial charge in [0.15, 0.2) is 5.78 Å². The summed E-state index contributed by atoms with van der Waals surface area (Å²) < 4.78 is 0. The lowest BCUT2D eigenvalue weighted by Gasteiger charge is -2.33. The number of aryl methyl sites for hydroxylation is 1. The fraction of sp³-hybridized carbons (Fsp3) is 0.515. The molecule has 6 heteroatoms. The van der Waals surface area contributed by atoms with Crippen molar-refractivity contribution in [3.63, 3.8) is 0 Å². The largest absolute Gasteiger partial charge is 0.506 e. The predicted octanol–water partition coefficient (Wildman–Crippen LogP) is 7.86. The average Bonchev–Trinajstić information content (AvgIpc) is 3.70. The van der Waals surface area contributed by atoms with Crippen molar-refractivity contribution in [2.75, 3.05) is 25.0 Å². The summed E-state index contributed by atoms with van der Waals surface area (Å²) in [5.41, 5.74) is 5.22. The van der Waals surface area contributed by atoms with E-state index in [0.717, 1.165) is 76.4 Å². The van der Waals surface area contributed by atoms with Crippen LogP contribution >= 0.6 is 11.6 Å². The number of carbonyl (C=O) groups is 1. The highest BCUT2D eigenvalue weighted by Gasteiger charge is 2.33. The zero-order valence-electron chi connectivity index (χ0n) is 23.2. The molecule has 0 spiro atoms. The van der Waals surface area contributed by atoms with Crippen LogP contribution in [0.3, 0.4) is 0 Å². The number of nitrogens with one attached hydrogen (secondary N) is 1. The molecule has 0 radical (unpaired) electrons. The van der Waals surface area contributed by atoms with Crippen molar-refractivity contribution in [2.45, 2.75) is 71.3 Å². The van der Waals surface area contributed by atoms with E-state index in [4.69, 9.17) is 16.6 Å². The third kappa shape index (κ3) is 5.67. The Morgan fingerprint density at radius 1 is 1.05 bits per heavy atom. The van der Waals surface area contributed by atoms with Crippen molar-refractivity contribution < 1.29 is 9.90 Å². The Bertz CT molecular complexity index is 1350. The van der Waals surface area contributed by atoms with E-state index in [-0.39, 0.29) is 17.5 Å². The summed E-state index contributed by atoms with van der Waals surface area (Å²) in [7, 11) is 0. The molecule has 0 amide bonds. The van der Waals surface area contributed by atoms with Crippen LogP contribution in [0, 0.1) is 24.7 Å². The molecule has 1 saturated heterocycles. The van der Waals surface area contributed by atoms with Gasteiger partial charge in [-0.25, -0.2) is 0 Å². The maximum absolute atomic E-state index is 13.4. The molecule has 2 saturated carbocycles. The van der Waals surface area contributed by atoms with Gasteiger partial charge in [0.25, 0.3) is 0 Å². The van der Waals surface area contributed by atoms with Gasteiger partial charge in [-0.1, -0.05) is 31.0 Å². The second kappa shape index (κ2) is 11.1. The molecule has 206 valence electrons. The summed E-state index contributed by atoms with van der Waals surface area (Å²) in [6.45, 7) is 7.96. The van der Waals surface area contributed by atoms with Crippen molar-refractivity contribution in [3.8, 4) is 16.9 Å². The molecule has 5 nitrogen and oxygen atoms in total. The van der Waals surface area contributed by atoms with Gasteiger partial charge in [-0.3, -0.25) is 9.78 Å². The number of rotatable bonds is 8. The molecule has 6 rings (SSSR count). The highest BCUT2D eigenvalue weighted by molar-refractivity contribution is 6.32. The van der Waals surface area contributed by atoms with Crippen molar-refractivity contribution >= 4 is 34.0 Å². The standard InChI is InChI=1S/C33H40ClN3O2/c1-3-21-12-13-37(18-21)19-22-4-9-26(10-5-22)36-31-27-15-24(25-14-20(2)32(38)29(34)16-25)8-11-30(27)35-17-28(31)33(39)23-6-7-23/h8,11,14-17,21-23,26,38H,3-7,9-10,12-13,18-19H2,1-2H3,(H,35,36). The van der Waals surface area contributed by atoms with E-state index in [1.165, 1.54) is 45.3 Å². The van der Waals surface area contributed by atoms with Crippen LogP contribution in [0.5, 0.6) is 5.75 Å². The number of benzene rings is 2. The van der Waals surface area contributed by atoms with E-state index in [1.54, 1.807) is 12.3 Å². The first-order chi connectivity index (χ1) is 18.9. The molecule has 3 aromatic rings. The summed E-state index contributed by atoms with van der Waals surface area (Å²) >= 11 is 6.31. The lowest BCUT2D eigenvalue weighted by molar-refractivity contribution is 0.0968. The fourth-order valence-corrected chi connectivity index (χ4v) is 6.92. The monoisotopic (exact) mass is 545 g/mol. The quantitative estimate of drug-likeness (QED) is 0.282. The van der Waals surface area contributed by atoms with Gasteiger partial charge >= 0.3 is 0 Å². The van der Waals surface area contributed by atoms with Crippen LogP contribution in [-0.4, -0.2) is 46.4 Å². The number of hydrogen-bond acceptors (Lipinski definition) is 5. The first-order valence-electron chi connectivity index (χ1n) is 14.8. The lowest BCUT2D eigenvalue weighted by Crippen LogP contribution is -2.33. The first kappa shape index (κ1) is 26.6. The Labute approximate surface area is 237 Å². The number of halogens is 1. The summed E-state index contributed by atoms with van der Waals surface area (Å²) in [6.07, 6.45) is 11.1. The Morgan fingerprint density at radius 2 is 1.85 bits per heavy atom. The number of phenols is 1. The predicted molar refractivity (Wildman–Crippen MR) is 160 cm³/mol. The highest BCUT2D eigenvalue weighted by atomic mass is 35.5. The van der Waals surface area contributed by atoms with Crippen LogP contribution in [0.1, 0.15) is 74.2 Å². The second-order valence-corrected chi connectivity index (χ2v) is 12.6. The number of nitrogens with zero attached hydrogens (tertiary/aromatic N) is 2. The maximum atomic E-state index is 13.4. The van der Waals surface area contributed by atoms with Crippen LogP contribution in [0.4, 0.5) is 5.69 Å². The van der Waals surface area contributed by atoms with E-state index in [0.29, 0.717) is 11.1 Å². The zero-order valence-corrected chi connectivity index (χ0v) is 23.9. The van der Waals surface area contributed by atoms with Gasteiger partial charge in [0, 0.05) is 36.6 Å². The Hall–Kier alpha value is -2.63. The lowest BCUT2D eigenvalue weighted by atomic mass is 9.85. The number of phenolic OH excluding ortho intramolecular Hbond substituents is 1. The number of likely N-dealkylation sites (tertiary alicyclic amines) is 1. The maximum Gasteiger partial charge on any atom is 0.169 e. The van der Waals surface area contributed by atoms with Crippen molar-refractivity contribution in [1.29, 1.82) is 0 Å². The van der Waals surface area contributed by atoms with Crippen molar-refractivity contribution in [2.24, 2.45) is 17.8 Å². The highest BCUT2D eigenvalue weighted by Crippen LogP contribution is 2.40. The van der Waals surface area contributed by atoms with E-state index < -0.39 is 0 Å². The van der Waals surface area contributed by atoms with Gasteiger partial charge in [0.05, 0.1) is 21.8 Å². The number of pyridine rings is 1. The van der Waals surface area contributed by atoms with Crippen LogP contribution in [0.15, 0.2) is 36.5 Å². The average molecular weight is 546 g/mol. The first-order valence-corrected chi connectivity index (χ1v) is 15.2. The number of carbonyl (C=O) groups excluding carboxylic acids is 1.